The summed E-state index contributed by atoms with van der Waals surface area (Å²) in [7, 11) is 0. The predicted octanol–water partition coefficient (Wildman–Crippen LogP) is 5.04. The molecule has 0 aromatic rings. The van der Waals surface area contributed by atoms with E-state index >= 15 is 0 Å². The molecular weight excluding hydrogens is 168 g/mol. The Morgan fingerprint density at radius 3 is 1.93 bits per heavy atom. The van der Waals surface area contributed by atoms with E-state index in [2.05, 4.69) is 50.3 Å². The molecule has 0 aromatic heterocycles. The summed E-state index contributed by atoms with van der Waals surface area (Å²) in [4.78, 5) is 0. The molecule has 0 aromatic carbocycles. The first-order valence-corrected chi connectivity index (χ1v) is 5.79. The van der Waals surface area contributed by atoms with Gasteiger partial charge in [0.2, 0.25) is 0 Å². The zero-order valence-electron chi connectivity index (χ0n) is 9.71. The second-order valence-corrected chi connectivity index (χ2v) is 3.48. The monoisotopic (exact) mass is 192 g/mol. The molecule has 0 amide bonds. The van der Waals surface area contributed by atoms with Gasteiger partial charge in [0.05, 0.1) is 0 Å². The van der Waals surface area contributed by atoms with Crippen LogP contribution in [0.15, 0.2) is 36.5 Å². The van der Waals surface area contributed by atoms with Crippen molar-refractivity contribution in [2.45, 2.75) is 52.4 Å². The molecule has 0 aliphatic rings. The molecule has 0 rings (SSSR count). The second kappa shape index (κ2) is 12.2. The zero-order valence-corrected chi connectivity index (χ0v) is 9.71. The molecule has 0 spiro atoms. The summed E-state index contributed by atoms with van der Waals surface area (Å²) in [6, 6.07) is 0. The summed E-state index contributed by atoms with van der Waals surface area (Å²) in [5.41, 5.74) is 0. The minimum atomic E-state index is 1.09. The Morgan fingerprint density at radius 2 is 1.29 bits per heavy atom. The molecule has 14 heavy (non-hydrogen) atoms. The van der Waals surface area contributed by atoms with Crippen molar-refractivity contribution in [1.82, 2.24) is 0 Å². The maximum Gasteiger partial charge on any atom is -0.0169 e. The van der Waals surface area contributed by atoms with Crippen molar-refractivity contribution in [1.29, 1.82) is 0 Å². The Morgan fingerprint density at radius 1 is 0.643 bits per heavy atom. The molecule has 0 unspecified atom stereocenters. The number of rotatable bonds is 8. The Bertz CT molecular complexity index is 172. The summed E-state index contributed by atoms with van der Waals surface area (Å²) >= 11 is 0. The molecule has 0 N–H and O–H groups in total. The first kappa shape index (κ1) is 13.2. The van der Waals surface area contributed by atoms with Crippen molar-refractivity contribution in [3.63, 3.8) is 0 Å². The lowest BCUT2D eigenvalue weighted by Gasteiger charge is -1.94. The third-order valence-corrected chi connectivity index (χ3v) is 2.15. The van der Waals surface area contributed by atoms with Crippen LogP contribution in [0.5, 0.6) is 0 Å². The summed E-state index contributed by atoms with van der Waals surface area (Å²) in [6.45, 7) is 4.15. The Kier molecular flexibility index (Phi) is 11.5. The van der Waals surface area contributed by atoms with Crippen molar-refractivity contribution < 1.29 is 0 Å². The third-order valence-electron chi connectivity index (χ3n) is 2.15. The van der Waals surface area contributed by atoms with Gasteiger partial charge in [-0.3, -0.25) is 0 Å². The van der Waals surface area contributed by atoms with Crippen LogP contribution in [0.2, 0.25) is 0 Å². The minimum absolute atomic E-state index is 1.09. The van der Waals surface area contributed by atoms with Crippen LogP contribution in [-0.2, 0) is 0 Å². The molecule has 0 saturated carbocycles. The van der Waals surface area contributed by atoms with Crippen LogP contribution >= 0.6 is 0 Å². The first-order valence-electron chi connectivity index (χ1n) is 5.79. The van der Waals surface area contributed by atoms with E-state index in [4.69, 9.17) is 0 Å². The highest BCUT2D eigenvalue weighted by atomic mass is 13.9. The van der Waals surface area contributed by atoms with E-state index in [9.17, 15) is 0 Å². The number of allylic oxidation sites excluding steroid dienone is 6. The predicted molar refractivity (Wildman–Crippen MR) is 66.5 cm³/mol. The topological polar surface area (TPSA) is 0 Å². The number of unbranched alkanes of at least 4 members (excludes halogenated alkanes) is 4. The van der Waals surface area contributed by atoms with Crippen molar-refractivity contribution in [3.05, 3.63) is 36.5 Å². The zero-order chi connectivity index (χ0) is 10.5. The molecule has 0 atom stereocenters. The quantitative estimate of drug-likeness (QED) is 0.373. The van der Waals surface area contributed by atoms with Crippen LogP contribution in [-0.4, -0.2) is 0 Å². The molecule has 0 aliphatic heterocycles. The van der Waals surface area contributed by atoms with Gasteiger partial charge in [0.25, 0.3) is 0 Å². The molecule has 0 heteroatoms. The highest BCUT2D eigenvalue weighted by Crippen LogP contribution is 2.04. The Labute approximate surface area is 89.4 Å². The molecule has 80 valence electrons. The van der Waals surface area contributed by atoms with Gasteiger partial charge in [-0.2, -0.15) is 0 Å². The van der Waals surface area contributed by atoms with E-state index in [0.29, 0.717) is 0 Å². The Balaban J connectivity index is 3.08. The molecule has 0 radical (unpaired) electrons. The largest absolute Gasteiger partial charge is 0.0917 e. The fraction of sp³-hybridized carbons (Fsp3) is 0.571. The van der Waals surface area contributed by atoms with Crippen molar-refractivity contribution >= 4 is 0 Å². The Hall–Kier alpha value is -0.780. The minimum Gasteiger partial charge on any atom is -0.0917 e. The second-order valence-electron chi connectivity index (χ2n) is 3.48. The van der Waals surface area contributed by atoms with Crippen molar-refractivity contribution in [2.24, 2.45) is 0 Å². The summed E-state index contributed by atoms with van der Waals surface area (Å²) in [5, 5.41) is 0. The van der Waals surface area contributed by atoms with Crippen LogP contribution in [0, 0.1) is 0 Å². The number of hydrogen-bond acceptors (Lipinski definition) is 0. The highest BCUT2D eigenvalue weighted by Gasteiger charge is 1.84. The van der Waals surface area contributed by atoms with E-state index in [1.807, 2.05) is 0 Å². The van der Waals surface area contributed by atoms with Crippen molar-refractivity contribution in [3.8, 4) is 0 Å². The standard InChI is InChI=1S/C14H24/c1-3-5-7-9-11-13-14-12-10-8-6-4-2/h3-6,9,11H,7-8,10,12-14H2,1-2H3. The lowest BCUT2D eigenvalue weighted by molar-refractivity contribution is 0.695. The number of hydrogen-bond donors (Lipinski definition) is 0. The van der Waals surface area contributed by atoms with Gasteiger partial charge >= 0.3 is 0 Å². The summed E-state index contributed by atoms with van der Waals surface area (Å²) in [6.07, 6.45) is 20.8. The normalized spacial score (nSPS) is 12.4. The lowest BCUT2D eigenvalue weighted by atomic mass is 10.1. The van der Waals surface area contributed by atoms with E-state index in [-0.39, 0.29) is 0 Å². The fourth-order valence-corrected chi connectivity index (χ4v) is 1.30. The molecule has 0 saturated heterocycles. The van der Waals surface area contributed by atoms with E-state index in [1.165, 1.54) is 32.1 Å². The average molecular weight is 192 g/mol. The molecule has 0 nitrogen and oxygen atoms in total. The average Bonchev–Trinajstić information content (AvgIpc) is 2.21. The smallest absolute Gasteiger partial charge is 0.0169 e. The maximum atomic E-state index is 2.30. The van der Waals surface area contributed by atoms with Gasteiger partial charge in [0.1, 0.15) is 0 Å². The van der Waals surface area contributed by atoms with Gasteiger partial charge < -0.3 is 0 Å². The van der Waals surface area contributed by atoms with Gasteiger partial charge in [0.15, 0.2) is 0 Å². The van der Waals surface area contributed by atoms with Crippen LogP contribution in [0.1, 0.15) is 52.4 Å². The van der Waals surface area contributed by atoms with Crippen LogP contribution in [0.4, 0.5) is 0 Å². The van der Waals surface area contributed by atoms with Crippen LogP contribution in [0.3, 0.4) is 0 Å². The van der Waals surface area contributed by atoms with Gasteiger partial charge in [-0.25, -0.2) is 0 Å². The summed E-state index contributed by atoms with van der Waals surface area (Å²) in [5.74, 6) is 0. The van der Waals surface area contributed by atoms with Gasteiger partial charge in [-0.15, -0.1) is 0 Å². The van der Waals surface area contributed by atoms with Crippen LogP contribution < -0.4 is 0 Å². The van der Waals surface area contributed by atoms with E-state index in [1.54, 1.807) is 0 Å². The maximum absolute atomic E-state index is 2.30. The fourth-order valence-electron chi connectivity index (χ4n) is 1.30. The lowest BCUT2D eigenvalue weighted by Crippen LogP contribution is -1.74. The summed E-state index contributed by atoms with van der Waals surface area (Å²) < 4.78 is 0. The SMILES string of the molecule is CC=CCC=CCCCCCC=CC. The first-order chi connectivity index (χ1) is 6.91. The van der Waals surface area contributed by atoms with Crippen LogP contribution in [0.25, 0.3) is 0 Å². The molecular formula is C14H24. The molecule has 0 fully saturated rings. The van der Waals surface area contributed by atoms with Gasteiger partial charge in [0, 0.05) is 0 Å². The van der Waals surface area contributed by atoms with Gasteiger partial charge in [-0.1, -0.05) is 42.9 Å². The molecule has 0 bridgehead atoms. The van der Waals surface area contributed by atoms with E-state index in [0.717, 1.165) is 6.42 Å². The molecule has 0 heterocycles. The molecule has 0 aliphatic carbocycles. The van der Waals surface area contributed by atoms with Gasteiger partial charge in [-0.05, 0) is 46.0 Å². The third kappa shape index (κ3) is 11.2. The highest BCUT2D eigenvalue weighted by molar-refractivity contribution is 4.91. The van der Waals surface area contributed by atoms with E-state index < -0.39 is 0 Å². The van der Waals surface area contributed by atoms with Crippen molar-refractivity contribution in [2.75, 3.05) is 0 Å².